The summed E-state index contributed by atoms with van der Waals surface area (Å²) in [7, 11) is -5.74. The van der Waals surface area contributed by atoms with Crippen LogP contribution in [0.25, 0.3) is 0 Å². The zero-order valence-corrected chi connectivity index (χ0v) is 16.1. The average molecular weight is 425 g/mol. The molecule has 1 aromatic carbocycles. The van der Waals surface area contributed by atoms with Crippen LogP contribution in [0.4, 0.5) is 13.2 Å². The normalized spacial score (nSPS) is 24.5. The second kappa shape index (κ2) is 6.83. The molecule has 2 aliphatic rings. The van der Waals surface area contributed by atoms with Crippen molar-refractivity contribution in [1.29, 1.82) is 0 Å². The molecule has 2 aromatic rings. The molecule has 0 radical (unpaired) electrons. The number of ketones is 1. The van der Waals surface area contributed by atoms with Crippen LogP contribution in [0.1, 0.15) is 53.1 Å². The third-order valence-electron chi connectivity index (χ3n) is 5.92. The summed E-state index contributed by atoms with van der Waals surface area (Å²) >= 11 is 0. The first-order valence-corrected chi connectivity index (χ1v) is 10.6. The van der Waals surface area contributed by atoms with Gasteiger partial charge in [-0.25, -0.2) is 4.98 Å². The number of hydrogen-bond acceptors (Lipinski definition) is 5. The van der Waals surface area contributed by atoms with Crippen molar-refractivity contribution in [2.75, 3.05) is 0 Å². The largest absolute Gasteiger partial charge is 0.534 e. The van der Waals surface area contributed by atoms with Gasteiger partial charge in [0.25, 0.3) is 0 Å². The first-order valence-electron chi connectivity index (χ1n) is 9.21. The summed E-state index contributed by atoms with van der Waals surface area (Å²) < 4.78 is 63.3. The number of benzene rings is 1. The molecule has 1 saturated carbocycles. The van der Waals surface area contributed by atoms with Crippen LogP contribution in [0, 0.1) is 5.41 Å². The van der Waals surface area contributed by atoms with Gasteiger partial charge in [-0.1, -0.05) is 30.3 Å². The summed E-state index contributed by atoms with van der Waals surface area (Å²) in [5.41, 5.74) is -3.18. The summed E-state index contributed by atoms with van der Waals surface area (Å²) in [6.45, 7) is 0. The smallest absolute Gasteiger partial charge is 0.355 e. The molecule has 0 unspecified atom stereocenters. The summed E-state index contributed by atoms with van der Waals surface area (Å²) in [6, 6.07) is 10.3. The zero-order chi connectivity index (χ0) is 20.9. The SMILES string of the molecule is O=C1c2ccccc2CC12CCC(c1ccc(OS(=O)(=O)C(F)(F)F)nc1)CC2. The quantitative estimate of drug-likeness (QED) is 0.539. The number of alkyl halides is 3. The van der Waals surface area contributed by atoms with Gasteiger partial charge in [0.2, 0.25) is 5.88 Å². The van der Waals surface area contributed by atoms with Crippen LogP contribution in [0.2, 0.25) is 0 Å². The highest BCUT2D eigenvalue weighted by Crippen LogP contribution is 2.50. The van der Waals surface area contributed by atoms with Gasteiger partial charge < -0.3 is 4.18 Å². The average Bonchev–Trinajstić information content (AvgIpc) is 2.94. The molecule has 29 heavy (non-hydrogen) atoms. The molecule has 1 fully saturated rings. The number of aromatic nitrogens is 1. The molecular weight excluding hydrogens is 407 g/mol. The van der Waals surface area contributed by atoms with Gasteiger partial charge in [-0.3, -0.25) is 4.79 Å². The minimum absolute atomic E-state index is 0.109. The molecule has 1 spiro atoms. The van der Waals surface area contributed by atoms with Gasteiger partial charge in [-0.2, -0.15) is 21.6 Å². The highest BCUT2D eigenvalue weighted by Gasteiger charge is 2.49. The highest BCUT2D eigenvalue weighted by atomic mass is 32.2. The van der Waals surface area contributed by atoms with Crippen molar-refractivity contribution in [3.05, 3.63) is 59.3 Å². The number of pyridine rings is 1. The first-order chi connectivity index (χ1) is 13.6. The Balaban J connectivity index is 1.43. The summed E-state index contributed by atoms with van der Waals surface area (Å²) in [4.78, 5) is 16.6. The lowest BCUT2D eigenvalue weighted by Crippen LogP contribution is -2.32. The minimum atomic E-state index is -5.74. The van der Waals surface area contributed by atoms with Crippen LogP contribution in [0.3, 0.4) is 0 Å². The number of Topliss-reactive ketones (excluding diaryl/α,β-unsaturated/α-hetero) is 1. The third kappa shape index (κ3) is 3.52. The predicted molar refractivity (Wildman–Crippen MR) is 98.0 cm³/mol. The Labute approximate surface area is 166 Å². The Morgan fingerprint density at radius 3 is 2.34 bits per heavy atom. The van der Waals surface area contributed by atoms with Gasteiger partial charge in [0.1, 0.15) is 0 Å². The van der Waals surface area contributed by atoms with Gasteiger partial charge >= 0.3 is 15.6 Å². The van der Waals surface area contributed by atoms with E-state index >= 15 is 0 Å². The van der Waals surface area contributed by atoms with E-state index in [-0.39, 0.29) is 17.1 Å². The number of fused-ring (bicyclic) bond motifs is 1. The zero-order valence-electron chi connectivity index (χ0n) is 15.3. The molecule has 0 amide bonds. The molecule has 9 heteroatoms. The summed E-state index contributed by atoms with van der Waals surface area (Å²) in [5, 5.41) is 0. The van der Waals surface area contributed by atoms with Crippen molar-refractivity contribution in [1.82, 2.24) is 4.98 Å². The fraction of sp³-hybridized carbons (Fsp3) is 0.400. The molecule has 0 aliphatic heterocycles. The van der Waals surface area contributed by atoms with E-state index in [0.29, 0.717) is 0 Å². The lowest BCUT2D eigenvalue weighted by Gasteiger charge is -2.36. The van der Waals surface area contributed by atoms with Crippen LogP contribution in [0.15, 0.2) is 42.6 Å². The Bertz CT molecular complexity index is 1040. The van der Waals surface area contributed by atoms with Crippen LogP contribution >= 0.6 is 0 Å². The maximum absolute atomic E-state index is 12.9. The molecule has 5 nitrogen and oxygen atoms in total. The molecule has 0 saturated heterocycles. The van der Waals surface area contributed by atoms with Gasteiger partial charge in [-0.15, -0.1) is 0 Å². The lowest BCUT2D eigenvalue weighted by atomic mass is 9.67. The van der Waals surface area contributed by atoms with E-state index in [9.17, 15) is 26.4 Å². The fourth-order valence-electron chi connectivity index (χ4n) is 4.38. The van der Waals surface area contributed by atoms with Crippen molar-refractivity contribution < 1.29 is 30.6 Å². The maximum atomic E-state index is 12.9. The number of halogens is 3. The molecular formula is C20H18F3NO4S. The van der Waals surface area contributed by atoms with Crippen LogP contribution < -0.4 is 4.18 Å². The summed E-state index contributed by atoms with van der Waals surface area (Å²) in [6.07, 6.45) is 5.05. The van der Waals surface area contributed by atoms with Gasteiger partial charge in [0, 0.05) is 23.2 Å². The van der Waals surface area contributed by atoms with E-state index in [1.54, 1.807) is 0 Å². The van der Waals surface area contributed by atoms with Gasteiger partial charge in [0.05, 0.1) is 0 Å². The van der Waals surface area contributed by atoms with E-state index < -0.39 is 21.5 Å². The topological polar surface area (TPSA) is 73.3 Å². The molecule has 0 atom stereocenters. The standard InChI is InChI=1S/C20H18F3NO4S/c21-20(22,23)29(26,27)28-17-6-5-15(12-24-17)13-7-9-19(10-8-13)11-14-3-1-2-4-16(14)18(19)25/h1-6,12-13H,7-11H2. The fourth-order valence-corrected chi connectivity index (χ4v) is 4.79. The summed E-state index contributed by atoms with van der Waals surface area (Å²) in [5.74, 6) is -0.316. The van der Waals surface area contributed by atoms with Crippen molar-refractivity contribution in [2.24, 2.45) is 5.41 Å². The second-order valence-corrected chi connectivity index (χ2v) is 9.17. The highest BCUT2D eigenvalue weighted by molar-refractivity contribution is 7.87. The number of carbonyl (C=O) groups is 1. The first kappa shape index (κ1) is 19.9. The molecule has 154 valence electrons. The van der Waals surface area contributed by atoms with Gasteiger partial charge in [-0.05, 0) is 49.1 Å². The Morgan fingerprint density at radius 2 is 1.76 bits per heavy atom. The lowest BCUT2D eigenvalue weighted by molar-refractivity contribution is -0.0501. The number of rotatable bonds is 3. The second-order valence-electron chi connectivity index (χ2n) is 7.63. The van der Waals surface area contributed by atoms with Crippen molar-refractivity contribution >= 4 is 15.9 Å². The van der Waals surface area contributed by atoms with Crippen LogP contribution in [-0.2, 0) is 16.5 Å². The molecule has 1 heterocycles. The Morgan fingerprint density at radius 1 is 1.07 bits per heavy atom. The van der Waals surface area contributed by atoms with E-state index in [4.69, 9.17) is 0 Å². The monoisotopic (exact) mass is 425 g/mol. The molecule has 0 bridgehead atoms. The number of carbonyl (C=O) groups excluding carboxylic acids is 1. The van der Waals surface area contributed by atoms with Crippen LogP contribution in [0.5, 0.6) is 5.88 Å². The maximum Gasteiger partial charge on any atom is 0.534 e. The number of nitrogens with zero attached hydrogens (tertiary/aromatic N) is 1. The minimum Gasteiger partial charge on any atom is -0.355 e. The molecule has 4 rings (SSSR count). The van der Waals surface area contributed by atoms with E-state index in [2.05, 4.69) is 9.17 Å². The molecule has 0 N–H and O–H groups in total. The Hall–Kier alpha value is -2.42. The van der Waals surface area contributed by atoms with Crippen molar-refractivity contribution in [2.45, 2.75) is 43.5 Å². The van der Waals surface area contributed by atoms with Crippen molar-refractivity contribution in [3.63, 3.8) is 0 Å². The Kier molecular flexibility index (Phi) is 4.68. The molecule has 1 aromatic heterocycles. The predicted octanol–water partition coefficient (Wildman–Crippen LogP) is 4.39. The van der Waals surface area contributed by atoms with Crippen LogP contribution in [-0.4, -0.2) is 24.7 Å². The molecule has 2 aliphatic carbocycles. The van der Waals surface area contributed by atoms with E-state index in [1.165, 1.54) is 12.3 Å². The van der Waals surface area contributed by atoms with Gasteiger partial charge in [0.15, 0.2) is 5.78 Å². The van der Waals surface area contributed by atoms with E-state index in [0.717, 1.165) is 54.9 Å². The number of hydrogen-bond donors (Lipinski definition) is 0. The van der Waals surface area contributed by atoms with E-state index in [1.807, 2.05) is 24.3 Å². The third-order valence-corrected chi connectivity index (χ3v) is 6.88. The van der Waals surface area contributed by atoms with Crippen molar-refractivity contribution in [3.8, 4) is 5.88 Å².